The van der Waals surface area contributed by atoms with Crippen LogP contribution in [0.5, 0.6) is 0 Å². The summed E-state index contributed by atoms with van der Waals surface area (Å²) in [4.78, 5) is 9.53. The molecule has 0 aliphatic rings. The molecule has 10 aromatic rings. The fraction of sp³-hybridized carbons (Fsp3) is 0.0208. The second-order valence-electron chi connectivity index (χ2n) is 13.6. The van der Waals surface area contributed by atoms with Crippen LogP contribution < -0.4 is 16.4 Å². The summed E-state index contributed by atoms with van der Waals surface area (Å²) in [5.74, 6) is 1.69. The van der Waals surface area contributed by atoms with Crippen molar-refractivity contribution in [3.63, 3.8) is 0 Å². The quantitative estimate of drug-likeness (QED) is 0.114. The molecular formula is C48H33BN6Pt. The van der Waals surface area contributed by atoms with Gasteiger partial charge in [0.05, 0.1) is 22.9 Å². The Hall–Kier alpha value is -6.56. The zero-order chi connectivity index (χ0) is 36.7. The fourth-order valence-electron chi connectivity index (χ4n) is 7.83. The van der Waals surface area contributed by atoms with Gasteiger partial charge in [-0.1, -0.05) is 109 Å². The molecule has 0 fully saturated rings. The van der Waals surface area contributed by atoms with Crippen molar-refractivity contribution in [3.8, 4) is 45.4 Å². The number of aryl methyl sites for hydroxylation is 1. The Morgan fingerprint density at radius 1 is 0.571 bits per heavy atom. The molecule has 8 heteroatoms. The zero-order valence-corrected chi connectivity index (χ0v) is 32.7. The molecule has 6 nitrogen and oxygen atoms in total. The largest absolute Gasteiger partial charge is 2.00 e. The van der Waals surface area contributed by atoms with Gasteiger partial charge in [0.15, 0.2) is 0 Å². The molecule has 0 saturated heterocycles. The monoisotopic (exact) mass is 899 g/mol. The van der Waals surface area contributed by atoms with Gasteiger partial charge in [-0.2, -0.15) is 34.2 Å². The van der Waals surface area contributed by atoms with E-state index < -0.39 is 0 Å². The average molecular weight is 900 g/mol. The van der Waals surface area contributed by atoms with E-state index in [0.717, 1.165) is 83.6 Å². The minimum Gasteiger partial charge on any atom is -0.373 e. The minimum atomic E-state index is -0.345. The zero-order valence-electron chi connectivity index (χ0n) is 30.4. The number of fused-ring (bicyclic) bond motifs is 3. The van der Waals surface area contributed by atoms with Crippen LogP contribution in [0.2, 0.25) is 0 Å². The molecule has 0 spiro atoms. The van der Waals surface area contributed by atoms with Crippen molar-refractivity contribution in [3.05, 3.63) is 195 Å². The number of para-hydroxylation sites is 2. The average Bonchev–Trinajstić information content (AvgIpc) is 3.96. The van der Waals surface area contributed by atoms with E-state index in [1.807, 2.05) is 48.4 Å². The van der Waals surface area contributed by atoms with Crippen molar-refractivity contribution >= 4 is 44.9 Å². The molecule has 0 aliphatic heterocycles. The summed E-state index contributed by atoms with van der Waals surface area (Å²) in [5, 5.41) is 7.77. The summed E-state index contributed by atoms with van der Waals surface area (Å²) in [7, 11) is 2.02. The van der Waals surface area contributed by atoms with Gasteiger partial charge in [0, 0.05) is 36.7 Å². The van der Waals surface area contributed by atoms with Crippen LogP contribution in [0.3, 0.4) is 0 Å². The van der Waals surface area contributed by atoms with E-state index in [4.69, 9.17) is 15.1 Å². The predicted octanol–water partition coefficient (Wildman–Crippen LogP) is 8.21. The van der Waals surface area contributed by atoms with Crippen molar-refractivity contribution in [2.75, 3.05) is 0 Å². The maximum Gasteiger partial charge on any atom is 2.00 e. The minimum absolute atomic E-state index is 0. The summed E-state index contributed by atoms with van der Waals surface area (Å²) in [6.45, 7) is -0.345. The predicted molar refractivity (Wildman–Crippen MR) is 224 cm³/mol. The van der Waals surface area contributed by atoms with Crippen molar-refractivity contribution in [2.24, 2.45) is 7.05 Å². The Morgan fingerprint density at radius 2 is 1.27 bits per heavy atom. The van der Waals surface area contributed by atoms with Crippen molar-refractivity contribution in [1.82, 2.24) is 28.9 Å². The van der Waals surface area contributed by atoms with Gasteiger partial charge in [0.25, 0.3) is 0 Å². The molecule has 0 radical (unpaired) electrons. The second kappa shape index (κ2) is 14.9. The van der Waals surface area contributed by atoms with Gasteiger partial charge < -0.3 is 9.13 Å². The first kappa shape index (κ1) is 35.2. The summed E-state index contributed by atoms with van der Waals surface area (Å²) in [6, 6.07) is 64.7. The van der Waals surface area contributed by atoms with Crippen LogP contribution in [0.25, 0.3) is 67.2 Å². The molecule has 0 atom stereocenters. The third-order valence-corrected chi connectivity index (χ3v) is 10.3. The SMILES string of the molecule is Cn1ccnc1-c1[c-]c(B(c2[c-]c3c(cc2)c2ccccc2n3-c2ccccn2)c2c(-c3ccccc3)nn(-c3ccccc3)c2-c2ccccc2)ccc1.[Pt+2]. The third kappa shape index (κ3) is 6.11. The van der Waals surface area contributed by atoms with E-state index in [2.05, 4.69) is 167 Å². The van der Waals surface area contributed by atoms with Crippen molar-refractivity contribution in [1.29, 1.82) is 0 Å². The number of imidazole rings is 1. The van der Waals surface area contributed by atoms with E-state index in [-0.39, 0.29) is 27.8 Å². The molecule has 0 bridgehead atoms. The second-order valence-corrected chi connectivity index (χ2v) is 13.6. The molecule has 0 unspecified atom stereocenters. The van der Waals surface area contributed by atoms with Gasteiger partial charge in [0.2, 0.25) is 6.71 Å². The Kier molecular flexibility index (Phi) is 9.38. The van der Waals surface area contributed by atoms with E-state index in [0.29, 0.717) is 0 Å². The molecule has 0 amide bonds. The third-order valence-electron chi connectivity index (χ3n) is 10.3. The number of benzene rings is 6. The van der Waals surface area contributed by atoms with Crippen LogP contribution in [0, 0.1) is 12.1 Å². The van der Waals surface area contributed by atoms with Gasteiger partial charge in [-0.25, -0.2) is 9.67 Å². The number of rotatable bonds is 8. The number of nitrogens with zero attached hydrogens (tertiary/aromatic N) is 6. The first-order valence-electron chi connectivity index (χ1n) is 18.4. The molecule has 10 rings (SSSR count). The van der Waals surface area contributed by atoms with Crippen LogP contribution in [0.1, 0.15) is 0 Å². The topological polar surface area (TPSA) is 53.5 Å². The first-order chi connectivity index (χ1) is 27.2. The Balaban J connectivity index is 0.00000410. The Morgan fingerprint density at radius 3 is 2.00 bits per heavy atom. The van der Waals surface area contributed by atoms with Crippen LogP contribution in [0.4, 0.5) is 0 Å². The standard InChI is InChI=1S/C48H33BN6.Pt/c1-53-31-30-51-48(53)36-20-15-21-37(32-36)49(38-27-28-41-40-24-11-12-25-42(40)54(43(41)33-38)44-26-13-14-29-50-44)45-46(34-16-5-2-6-17-34)52-55(39-22-9-4-10-23-39)47(45)35-18-7-3-8-19-35;/h2-31H,1H3;/q-2;+2. The van der Waals surface area contributed by atoms with Crippen LogP contribution in [-0.2, 0) is 28.1 Å². The Bertz CT molecular complexity index is 2940. The van der Waals surface area contributed by atoms with E-state index in [1.54, 1.807) is 0 Å². The summed E-state index contributed by atoms with van der Waals surface area (Å²) in [5.41, 5.74) is 10.9. The molecule has 56 heavy (non-hydrogen) atoms. The molecule has 0 N–H and O–H groups in total. The molecule has 4 aromatic heterocycles. The smallest absolute Gasteiger partial charge is 0.373 e. The number of hydrogen-bond acceptors (Lipinski definition) is 3. The molecule has 4 heterocycles. The van der Waals surface area contributed by atoms with Crippen molar-refractivity contribution in [2.45, 2.75) is 0 Å². The first-order valence-corrected chi connectivity index (χ1v) is 18.4. The van der Waals surface area contributed by atoms with Crippen LogP contribution >= 0.6 is 0 Å². The molecule has 0 saturated carbocycles. The maximum atomic E-state index is 5.50. The van der Waals surface area contributed by atoms with Crippen LogP contribution in [0.15, 0.2) is 182 Å². The molecule has 6 aromatic carbocycles. The fourth-order valence-corrected chi connectivity index (χ4v) is 7.83. The van der Waals surface area contributed by atoms with Gasteiger partial charge in [-0.05, 0) is 46.7 Å². The van der Waals surface area contributed by atoms with Crippen LogP contribution in [-0.4, -0.2) is 35.6 Å². The van der Waals surface area contributed by atoms with E-state index in [1.165, 1.54) is 0 Å². The summed E-state index contributed by atoms with van der Waals surface area (Å²) < 4.78 is 6.36. The van der Waals surface area contributed by atoms with Crippen molar-refractivity contribution < 1.29 is 21.1 Å². The van der Waals surface area contributed by atoms with Gasteiger partial charge in [-0.3, -0.25) is 4.98 Å². The molecule has 268 valence electrons. The van der Waals surface area contributed by atoms with Gasteiger partial charge >= 0.3 is 21.1 Å². The maximum absolute atomic E-state index is 5.50. The number of pyridine rings is 1. The van der Waals surface area contributed by atoms with E-state index >= 15 is 0 Å². The summed E-state index contributed by atoms with van der Waals surface area (Å²) >= 11 is 0. The number of hydrogen-bond donors (Lipinski definition) is 0. The van der Waals surface area contributed by atoms with Gasteiger partial charge in [-0.15, -0.1) is 35.2 Å². The van der Waals surface area contributed by atoms with Gasteiger partial charge in [0.1, 0.15) is 5.82 Å². The van der Waals surface area contributed by atoms with E-state index in [9.17, 15) is 0 Å². The normalized spacial score (nSPS) is 11.2. The summed E-state index contributed by atoms with van der Waals surface area (Å²) in [6.07, 6.45) is 5.64. The molecule has 0 aliphatic carbocycles. The Labute approximate surface area is 340 Å². The number of aromatic nitrogens is 6. The molecular weight excluding hydrogens is 866 g/mol.